The van der Waals surface area contributed by atoms with E-state index in [-0.39, 0.29) is 6.10 Å². The molecule has 88 valence electrons. The number of aliphatic hydroxyl groups is 1. The van der Waals surface area contributed by atoms with Crippen molar-refractivity contribution in [3.05, 3.63) is 23.9 Å². The summed E-state index contributed by atoms with van der Waals surface area (Å²) in [7, 11) is 0. The maximum atomic E-state index is 9.76. The van der Waals surface area contributed by atoms with Crippen LogP contribution in [0.15, 0.2) is 18.2 Å². The lowest BCUT2D eigenvalue weighted by atomic mass is 10.00. The van der Waals surface area contributed by atoms with Crippen LogP contribution in [0.2, 0.25) is 0 Å². The molecule has 3 heterocycles. The first-order chi connectivity index (χ1) is 8.28. The van der Waals surface area contributed by atoms with Crippen LogP contribution >= 0.6 is 0 Å². The molecule has 3 rings (SSSR count). The van der Waals surface area contributed by atoms with Gasteiger partial charge in [-0.1, -0.05) is 6.07 Å². The molecule has 1 aromatic heterocycles. The molecule has 0 spiro atoms. The van der Waals surface area contributed by atoms with E-state index in [2.05, 4.69) is 16.0 Å². The second kappa shape index (κ2) is 4.01. The van der Waals surface area contributed by atoms with Gasteiger partial charge in [-0.25, -0.2) is 4.98 Å². The fourth-order valence-corrected chi connectivity index (χ4v) is 3.15. The molecule has 2 unspecified atom stereocenters. The van der Waals surface area contributed by atoms with E-state index in [1.165, 1.54) is 0 Å². The largest absolute Gasteiger partial charge is 0.393 e. The quantitative estimate of drug-likeness (QED) is 0.791. The maximum Gasteiger partial charge on any atom is 0.142 e. The number of fused-ring (bicyclic) bond motifs is 2. The Morgan fingerprint density at radius 3 is 2.65 bits per heavy atom. The number of anilines is 1. The minimum atomic E-state index is -0.164. The molecule has 2 aliphatic heterocycles. The predicted molar refractivity (Wildman–Crippen MR) is 63.5 cm³/mol. The van der Waals surface area contributed by atoms with Crippen molar-refractivity contribution in [2.24, 2.45) is 0 Å². The number of rotatable bonds is 1. The Kier molecular flexibility index (Phi) is 2.49. The summed E-state index contributed by atoms with van der Waals surface area (Å²) in [6, 6.07) is 8.43. The monoisotopic (exact) mass is 229 g/mol. The van der Waals surface area contributed by atoms with Gasteiger partial charge in [0.25, 0.3) is 0 Å². The van der Waals surface area contributed by atoms with E-state index in [9.17, 15) is 5.11 Å². The van der Waals surface area contributed by atoms with Crippen LogP contribution in [0.4, 0.5) is 5.82 Å². The number of hydrogen-bond acceptors (Lipinski definition) is 4. The van der Waals surface area contributed by atoms with Gasteiger partial charge in [-0.15, -0.1) is 0 Å². The molecule has 1 N–H and O–H groups in total. The van der Waals surface area contributed by atoms with Gasteiger partial charge < -0.3 is 10.0 Å². The topological polar surface area (TPSA) is 60.2 Å². The lowest BCUT2D eigenvalue weighted by Crippen LogP contribution is -2.45. The van der Waals surface area contributed by atoms with Gasteiger partial charge in [0.15, 0.2) is 0 Å². The van der Waals surface area contributed by atoms with Gasteiger partial charge in [0.2, 0.25) is 0 Å². The van der Waals surface area contributed by atoms with Crippen molar-refractivity contribution >= 4 is 5.82 Å². The Bertz CT molecular complexity index is 454. The van der Waals surface area contributed by atoms with Gasteiger partial charge >= 0.3 is 0 Å². The third-order valence-corrected chi connectivity index (χ3v) is 3.82. The summed E-state index contributed by atoms with van der Waals surface area (Å²) in [6.07, 6.45) is 3.74. The van der Waals surface area contributed by atoms with Crippen LogP contribution in [-0.2, 0) is 0 Å². The molecule has 2 fully saturated rings. The standard InChI is InChI=1S/C13H15N3O/c14-8-9-2-1-3-13(15-9)16-10-4-5-11(16)7-12(17)6-10/h1-3,10-12,17H,4-7H2. The Hall–Kier alpha value is -1.60. The van der Waals surface area contributed by atoms with Crippen molar-refractivity contribution in [3.63, 3.8) is 0 Å². The first kappa shape index (κ1) is 10.5. The number of aromatic nitrogens is 1. The maximum absolute atomic E-state index is 9.76. The Morgan fingerprint density at radius 1 is 1.29 bits per heavy atom. The molecule has 17 heavy (non-hydrogen) atoms. The van der Waals surface area contributed by atoms with Gasteiger partial charge in [0.1, 0.15) is 17.6 Å². The summed E-state index contributed by atoms with van der Waals surface area (Å²) in [4.78, 5) is 6.66. The van der Waals surface area contributed by atoms with Crippen molar-refractivity contribution in [2.45, 2.75) is 43.9 Å². The van der Waals surface area contributed by atoms with Crippen LogP contribution in [0.1, 0.15) is 31.4 Å². The molecule has 0 radical (unpaired) electrons. The Morgan fingerprint density at radius 2 is 2.00 bits per heavy atom. The molecule has 0 aromatic carbocycles. The average molecular weight is 229 g/mol. The zero-order valence-electron chi connectivity index (χ0n) is 9.58. The highest BCUT2D eigenvalue weighted by Crippen LogP contribution is 2.38. The third kappa shape index (κ3) is 1.77. The molecule has 2 atom stereocenters. The first-order valence-electron chi connectivity index (χ1n) is 6.11. The number of piperidine rings is 1. The zero-order chi connectivity index (χ0) is 11.8. The van der Waals surface area contributed by atoms with E-state index < -0.39 is 0 Å². The predicted octanol–water partition coefficient (Wildman–Crippen LogP) is 1.45. The number of nitrogens with zero attached hydrogens (tertiary/aromatic N) is 3. The number of pyridine rings is 1. The minimum absolute atomic E-state index is 0.164. The summed E-state index contributed by atoms with van der Waals surface area (Å²) in [6.45, 7) is 0. The van der Waals surface area contributed by atoms with Crippen molar-refractivity contribution in [1.29, 1.82) is 5.26 Å². The van der Waals surface area contributed by atoms with Gasteiger partial charge in [0.05, 0.1) is 6.10 Å². The second-order valence-corrected chi connectivity index (χ2v) is 4.91. The summed E-state index contributed by atoms with van der Waals surface area (Å²) in [5, 5.41) is 18.6. The van der Waals surface area contributed by atoms with Crippen LogP contribution in [0.5, 0.6) is 0 Å². The normalized spacial score (nSPS) is 31.3. The van der Waals surface area contributed by atoms with Gasteiger partial charge in [-0.05, 0) is 37.8 Å². The lowest BCUT2D eigenvalue weighted by Gasteiger charge is -2.38. The molecule has 0 aliphatic carbocycles. The number of nitriles is 1. The third-order valence-electron chi connectivity index (χ3n) is 3.82. The molecular weight excluding hydrogens is 214 g/mol. The van der Waals surface area contributed by atoms with Gasteiger partial charge in [-0.2, -0.15) is 5.26 Å². The highest BCUT2D eigenvalue weighted by molar-refractivity contribution is 5.46. The van der Waals surface area contributed by atoms with E-state index in [0.717, 1.165) is 31.5 Å². The van der Waals surface area contributed by atoms with Crippen LogP contribution in [-0.4, -0.2) is 28.3 Å². The molecule has 2 saturated heterocycles. The number of aliphatic hydroxyl groups excluding tert-OH is 1. The van der Waals surface area contributed by atoms with Crippen molar-refractivity contribution < 1.29 is 5.11 Å². The van der Waals surface area contributed by atoms with Crippen LogP contribution in [0.25, 0.3) is 0 Å². The highest BCUT2D eigenvalue weighted by atomic mass is 16.3. The van der Waals surface area contributed by atoms with Crippen LogP contribution in [0, 0.1) is 11.3 Å². The SMILES string of the molecule is N#Cc1cccc(N2C3CCC2CC(O)C3)n1. The summed E-state index contributed by atoms with van der Waals surface area (Å²) in [5.74, 6) is 0.892. The van der Waals surface area contributed by atoms with Crippen LogP contribution < -0.4 is 4.90 Å². The fraction of sp³-hybridized carbons (Fsp3) is 0.538. The van der Waals surface area contributed by atoms with Crippen LogP contribution in [0.3, 0.4) is 0 Å². The summed E-state index contributed by atoms with van der Waals surface area (Å²) >= 11 is 0. The molecule has 0 saturated carbocycles. The smallest absolute Gasteiger partial charge is 0.142 e. The van der Waals surface area contributed by atoms with E-state index in [1.807, 2.05) is 12.1 Å². The zero-order valence-corrected chi connectivity index (χ0v) is 9.58. The second-order valence-electron chi connectivity index (χ2n) is 4.91. The molecular formula is C13H15N3O. The Labute approximate surface area is 101 Å². The number of hydrogen-bond donors (Lipinski definition) is 1. The van der Waals surface area contributed by atoms with E-state index in [1.54, 1.807) is 6.07 Å². The van der Waals surface area contributed by atoms with Crippen molar-refractivity contribution in [1.82, 2.24) is 4.98 Å². The summed E-state index contributed by atoms with van der Waals surface area (Å²) in [5.41, 5.74) is 0.466. The van der Waals surface area contributed by atoms with E-state index >= 15 is 0 Å². The molecule has 2 aliphatic rings. The first-order valence-corrected chi connectivity index (χ1v) is 6.11. The van der Waals surface area contributed by atoms with Crippen molar-refractivity contribution in [2.75, 3.05) is 4.90 Å². The molecule has 4 heteroatoms. The molecule has 2 bridgehead atoms. The fourth-order valence-electron chi connectivity index (χ4n) is 3.15. The average Bonchev–Trinajstić information content (AvgIpc) is 2.62. The lowest BCUT2D eigenvalue weighted by molar-refractivity contribution is 0.126. The summed E-state index contributed by atoms with van der Waals surface area (Å²) < 4.78 is 0. The molecule has 1 aromatic rings. The van der Waals surface area contributed by atoms with Gasteiger partial charge in [0, 0.05) is 12.1 Å². The Balaban J connectivity index is 1.92. The highest BCUT2D eigenvalue weighted by Gasteiger charge is 2.40. The van der Waals surface area contributed by atoms with Crippen molar-refractivity contribution in [3.8, 4) is 6.07 Å². The molecule has 4 nitrogen and oxygen atoms in total. The van der Waals surface area contributed by atoms with Gasteiger partial charge in [-0.3, -0.25) is 0 Å². The molecule has 0 amide bonds. The van der Waals surface area contributed by atoms with E-state index in [0.29, 0.717) is 17.8 Å². The minimum Gasteiger partial charge on any atom is -0.393 e. The van der Waals surface area contributed by atoms with E-state index in [4.69, 9.17) is 5.26 Å².